The van der Waals surface area contributed by atoms with Gasteiger partial charge < -0.3 is 4.74 Å². The molecule has 0 radical (unpaired) electrons. The van der Waals surface area contributed by atoms with Crippen molar-refractivity contribution in [2.45, 2.75) is 11.1 Å². The molecule has 170 valence electrons. The van der Waals surface area contributed by atoms with Crippen molar-refractivity contribution in [1.29, 1.82) is 0 Å². The second-order valence-corrected chi connectivity index (χ2v) is 9.82. The molecule has 0 bridgehead atoms. The highest BCUT2D eigenvalue weighted by molar-refractivity contribution is 8.00. The number of thiazole rings is 1. The van der Waals surface area contributed by atoms with Crippen molar-refractivity contribution in [3.63, 3.8) is 0 Å². The SMILES string of the molecule is CSc1sc(C(=O)NNC(=O)OCCN2C(=O)c3ccccc3C2=O)cc1-c1nc(C)cs1. The molecular weight excluding hydrogens is 484 g/mol. The number of carbonyl (C=O) groups excluding carboxylic acids is 4. The molecule has 0 saturated heterocycles. The number of hydrogen-bond acceptors (Lipinski definition) is 9. The molecule has 3 aromatic rings. The number of thiophene rings is 1. The Morgan fingerprint density at radius 1 is 1.12 bits per heavy atom. The first-order valence-electron chi connectivity index (χ1n) is 9.67. The molecule has 0 unspecified atom stereocenters. The Balaban J connectivity index is 1.27. The van der Waals surface area contributed by atoms with Crippen LogP contribution >= 0.6 is 34.4 Å². The smallest absolute Gasteiger partial charge is 0.426 e. The molecule has 0 spiro atoms. The van der Waals surface area contributed by atoms with Gasteiger partial charge in [-0.05, 0) is 31.4 Å². The highest BCUT2D eigenvalue weighted by Gasteiger charge is 2.34. The first kappa shape index (κ1) is 23.0. The van der Waals surface area contributed by atoms with Crippen molar-refractivity contribution >= 4 is 58.3 Å². The number of fused-ring (bicyclic) bond motifs is 1. The van der Waals surface area contributed by atoms with E-state index in [1.807, 2.05) is 18.6 Å². The third-order valence-corrected chi connectivity index (χ3v) is 7.92. The second-order valence-electron chi connectivity index (χ2n) is 6.83. The third kappa shape index (κ3) is 4.77. The highest BCUT2D eigenvalue weighted by Crippen LogP contribution is 2.39. The molecule has 2 aromatic heterocycles. The van der Waals surface area contributed by atoms with Crippen LogP contribution in [-0.4, -0.2) is 53.1 Å². The molecule has 4 rings (SSSR count). The number of benzene rings is 1. The van der Waals surface area contributed by atoms with Crippen LogP contribution in [0.5, 0.6) is 0 Å². The van der Waals surface area contributed by atoms with Crippen LogP contribution in [-0.2, 0) is 4.74 Å². The van der Waals surface area contributed by atoms with Crippen molar-refractivity contribution in [3.8, 4) is 10.6 Å². The van der Waals surface area contributed by atoms with Gasteiger partial charge in [-0.15, -0.1) is 34.4 Å². The topological polar surface area (TPSA) is 118 Å². The molecule has 0 fully saturated rings. The lowest BCUT2D eigenvalue weighted by Gasteiger charge is -2.14. The summed E-state index contributed by atoms with van der Waals surface area (Å²) in [7, 11) is 0. The maximum Gasteiger partial charge on any atom is 0.426 e. The van der Waals surface area contributed by atoms with Crippen LogP contribution in [0.3, 0.4) is 0 Å². The summed E-state index contributed by atoms with van der Waals surface area (Å²) < 4.78 is 5.93. The summed E-state index contributed by atoms with van der Waals surface area (Å²) in [4.78, 5) is 54.9. The largest absolute Gasteiger partial charge is 0.446 e. The van der Waals surface area contributed by atoms with Gasteiger partial charge in [0.2, 0.25) is 0 Å². The number of hydrogen-bond donors (Lipinski definition) is 2. The monoisotopic (exact) mass is 502 g/mol. The van der Waals surface area contributed by atoms with Crippen LogP contribution in [0.1, 0.15) is 36.1 Å². The van der Waals surface area contributed by atoms with Crippen molar-refractivity contribution in [1.82, 2.24) is 20.7 Å². The van der Waals surface area contributed by atoms with Gasteiger partial charge in [0.25, 0.3) is 17.7 Å². The second kappa shape index (κ2) is 9.73. The predicted molar refractivity (Wildman–Crippen MR) is 126 cm³/mol. The molecule has 12 heteroatoms. The van der Waals surface area contributed by atoms with Gasteiger partial charge in [0.05, 0.1) is 26.8 Å². The Bertz CT molecular complexity index is 1220. The molecule has 2 N–H and O–H groups in total. The molecule has 0 aliphatic carbocycles. The molecule has 9 nitrogen and oxygen atoms in total. The van der Waals surface area contributed by atoms with Gasteiger partial charge in [0, 0.05) is 16.6 Å². The van der Waals surface area contributed by atoms with Gasteiger partial charge in [-0.2, -0.15) is 0 Å². The van der Waals surface area contributed by atoms with E-state index in [1.54, 1.807) is 30.3 Å². The van der Waals surface area contributed by atoms with E-state index in [9.17, 15) is 19.2 Å². The molecule has 1 aliphatic heterocycles. The van der Waals surface area contributed by atoms with E-state index >= 15 is 0 Å². The van der Waals surface area contributed by atoms with Gasteiger partial charge in [-0.3, -0.25) is 24.7 Å². The van der Waals surface area contributed by atoms with Gasteiger partial charge in [0.15, 0.2) is 0 Å². The van der Waals surface area contributed by atoms with Crippen molar-refractivity contribution in [2.75, 3.05) is 19.4 Å². The Hall–Kier alpha value is -3.22. The van der Waals surface area contributed by atoms with E-state index in [2.05, 4.69) is 15.8 Å². The number of carbonyl (C=O) groups is 4. The van der Waals surface area contributed by atoms with Crippen LogP contribution in [0.25, 0.3) is 10.6 Å². The lowest BCUT2D eigenvalue weighted by molar-refractivity contribution is 0.0602. The molecule has 1 aromatic carbocycles. The van der Waals surface area contributed by atoms with Gasteiger partial charge in [-0.1, -0.05) is 12.1 Å². The van der Waals surface area contributed by atoms with Crippen LogP contribution in [0.2, 0.25) is 0 Å². The van der Waals surface area contributed by atoms with E-state index in [1.165, 1.54) is 34.4 Å². The van der Waals surface area contributed by atoms with Crippen molar-refractivity contribution in [2.24, 2.45) is 0 Å². The summed E-state index contributed by atoms with van der Waals surface area (Å²) in [5, 5.41) is 2.77. The number of nitrogens with zero attached hydrogens (tertiary/aromatic N) is 2. The number of hydrazine groups is 1. The number of aryl methyl sites for hydroxylation is 1. The molecule has 33 heavy (non-hydrogen) atoms. The zero-order valence-electron chi connectivity index (χ0n) is 17.5. The quantitative estimate of drug-likeness (QED) is 0.301. The van der Waals surface area contributed by atoms with Crippen LogP contribution in [0, 0.1) is 6.92 Å². The number of aromatic nitrogens is 1. The van der Waals surface area contributed by atoms with E-state index in [4.69, 9.17) is 4.74 Å². The number of imide groups is 1. The lowest BCUT2D eigenvalue weighted by Crippen LogP contribution is -2.42. The van der Waals surface area contributed by atoms with E-state index in [-0.39, 0.29) is 13.2 Å². The number of nitrogens with one attached hydrogen (secondary N) is 2. The molecule has 1 aliphatic rings. The van der Waals surface area contributed by atoms with E-state index < -0.39 is 23.8 Å². The maximum absolute atomic E-state index is 12.5. The minimum atomic E-state index is -0.905. The molecule has 0 saturated carbocycles. The van der Waals surface area contributed by atoms with Crippen LogP contribution in [0.15, 0.2) is 39.9 Å². The minimum Gasteiger partial charge on any atom is -0.446 e. The van der Waals surface area contributed by atoms with Gasteiger partial charge in [0.1, 0.15) is 11.6 Å². The minimum absolute atomic E-state index is 0.0910. The van der Waals surface area contributed by atoms with Gasteiger partial charge >= 0.3 is 6.09 Å². The number of thioether (sulfide) groups is 1. The number of amides is 4. The summed E-state index contributed by atoms with van der Waals surface area (Å²) in [6, 6.07) is 8.24. The molecule has 4 amide bonds. The van der Waals surface area contributed by atoms with Crippen LogP contribution in [0.4, 0.5) is 4.79 Å². The fourth-order valence-electron chi connectivity index (χ4n) is 3.14. The molecular formula is C21H18N4O5S3. The normalized spacial score (nSPS) is 12.6. The Morgan fingerprint density at radius 2 is 1.82 bits per heavy atom. The van der Waals surface area contributed by atoms with Crippen molar-refractivity contribution in [3.05, 3.63) is 57.4 Å². The zero-order valence-corrected chi connectivity index (χ0v) is 20.0. The van der Waals surface area contributed by atoms with E-state index in [0.29, 0.717) is 16.0 Å². The molecule has 3 heterocycles. The summed E-state index contributed by atoms with van der Waals surface area (Å²) in [6.07, 6.45) is 1.01. The summed E-state index contributed by atoms with van der Waals surface area (Å²) in [5.41, 5.74) is 6.91. The Kier molecular flexibility index (Phi) is 6.77. The predicted octanol–water partition coefficient (Wildman–Crippen LogP) is 3.57. The lowest BCUT2D eigenvalue weighted by atomic mass is 10.1. The average molecular weight is 503 g/mol. The number of ether oxygens (including phenoxy) is 1. The van der Waals surface area contributed by atoms with Gasteiger partial charge in [-0.25, -0.2) is 15.2 Å². The first-order valence-corrected chi connectivity index (χ1v) is 12.6. The van der Waals surface area contributed by atoms with Crippen molar-refractivity contribution < 1.29 is 23.9 Å². The summed E-state index contributed by atoms with van der Waals surface area (Å²) in [6.45, 7) is 1.60. The Morgan fingerprint density at radius 3 is 2.42 bits per heavy atom. The fourth-order valence-corrected chi connectivity index (χ4v) is 5.85. The zero-order chi connectivity index (χ0) is 23.5. The highest BCUT2D eigenvalue weighted by atomic mass is 32.2. The van der Waals surface area contributed by atoms with E-state index in [0.717, 1.165) is 25.4 Å². The standard InChI is InChI=1S/C21H18N4O5S3/c1-11-10-32-17(22-11)14-9-15(33-20(14)31-2)16(26)23-24-21(29)30-8-7-25-18(27)12-5-3-4-6-13(12)19(25)28/h3-6,9-10H,7-8H2,1-2H3,(H,23,26)(H,24,29). The van der Waals surface area contributed by atoms with Crippen LogP contribution < -0.4 is 10.9 Å². The fraction of sp³-hybridized carbons (Fsp3) is 0.190. The number of rotatable bonds is 6. The average Bonchev–Trinajstić information content (AvgIpc) is 3.50. The summed E-state index contributed by atoms with van der Waals surface area (Å²) >= 11 is 4.31. The third-order valence-electron chi connectivity index (χ3n) is 4.66. The summed E-state index contributed by atoms with van der Waals surface area (Å²) in [5.74, 6) is -1.35. The first-order chi connectivity index (χ1) is 15.9. The maximum atomic E-state index is 12.5. The Labute approximate surface area is 201 Å². The molecule has 0 atom stereocenters.